The van der Waals surface area contributed by atoms with E-state index in [-0.39, 0.29) is 16.2 Å². The Kier molecular flexibility index (Phi) is 13.3. The number of carboxylic acids is 2. The molecule has 0 amide bonds. The second-order valence-electron chi connectivity index (χ2n) is 11.9. The fourth-order valence-corrected chi connectivity index (χ4v) is 3.50. The molecule has 6 heteroatoms. The van der Waals surface area contributed by atoms with Crippen LogP contribution in [0.3, 0.4) is 0 Å². The normalized spacial score (nSPS) is 13.3. The molecule has 0 spiro atoms. The van der Waals surface area contributed by atoms with Crippen LogP contribution in [0.1, 0.15) is 114 Å². The van der Waals surface area contributed by atoms with Gasteiger partial charge in [-0.15, -0.1) is 0 Å². The Hall–Kier alpha value is -2.70. The van der Waals surface area contributed by atoms with Crippen molar-refractivity contribution in [2.45, 2.75) is 105 Å². The van der Waals surface area contributed by atoms with E-state index in [1.807, 2.05) is 52.0 Å². The first-order chi connectivity index (χ1) is 16.8. The molecule has 0 aliphatic rings. The lowest BCUT2D eigenvalue weighted by Gasteiger charge is -2.34. The van der Waals surface area contributed by atoms with Crippen LogP contribution in [0.4, 0.5) is 0 Å². The van der Waals surface area contributed by atoms with E-state index in [9.17, 15) is 19.8 Å². The van der Waals surface area contributed by atoms with Gasteiger partial charge in [-0.05, 0) is 59.1 Å². The summed E-state index contributed by atoms with van der Waals surface area (Å²) in [7, 11) is 0. The Bertz CT molecular complexity index is 881. The smallest absolute Gasteiger partial charge is 0.335 e. The largest absolute Gasteiger partial charge is 0.478 e. The van der Waals surface area contributed by atoms with Crippen LogP contribution in [0.15, 0.2) is 48.5 Å². The van der Waals surface area contributed by atoms with Crippen LogP contribution >= 0.6 is 0 Å². The van der Waals surface area contributed by atoms with E-state index >= 15 is 0 Å². The molecule has 0 aliphatic carbocycles. The Morgan fingerprint density at radius 1 is 0.595 bits per heavy atom. The minimum Gasteiger partial charge on any atom is -0.478 e. The summed E-state index contributed by atoms with van der Waals surface area (Å²) in [5.74, 6) is -1.75. The van der Waals surface area contributed by atoms with Gasteiger partial charge in [0.05, 0.1) is 23.3 Å². The van der Waals surface area contributed by atoms with Gasteiger partial charge in [-0.25, -0.2) is 9.59 Å². The molecule has 2 aromatic rings. The first kappa shape index (κ1) is 34.3. The Balaban J connectivity index is 0.000000528. The maximum absolute atomic E-state index is 10.6. The van der Waals surface area contributed by atoms with Gasteiger partial charge in [-0.2, -0.15) is 0 Å². The average molecular weight is 517 g/mol. The minimum atomic E-state index is -0.875. The number of hydrogen-bond acceptors (Lipinski definition) is 4. The van der Waals surface area contributed by atoms with Crippen LogP contribution in [-0.2, 0) is 10.8 Å². The van der Waals surface area contributed by atoms with E-state index in [4.69, 9.17) is 10.2 Å². The van der Waals surface area contributed by atoms with E-state index in [0.717, 1.165) is 11.1 Å². The van der Waals surface area contributed by atoms with Gasteiger partial charge in [0.25, 0.3) is 0 Å². The number of aliphatic hydroxyl groups excluding tert-OH is 2. The predicted octanol–water partition coefficient (Wildman–Crippen LogP) is 6.92. The minimum absolute atomic E-state index is 0.0804. The second kappa shape index (κ2) is 14.3. The number of hydrogen-bond donors (Lipinski definition) is 4. The van der Waals surface area contributed by atoms with Gasteiger partial charge in [0, 0.05) is 5.41 Å². The molecule has 208 valence electrons. The molecule has 2 aromatic carbocycles. The molecule has 6 nitrogen and oxygen atoms in total. The van der Waals surface area contributed by atoms with Gasteiger partial charge < -0.3 is 20.4 Å². The lowest BCUT2D eigenvalue weighted by molar-refractivity contribution is -0.0497. The SMILES string of the molecule is CC(C)(C)c1ccc(C(=O)O)cc1.CC(C)(C)c1ccc(C(=O)O)cc1.CCC(O)C(C)(C)C(O)CC. The van der Waals surface area contributed by atoms with Gasteiger partial charge >= 0.3 is 11.9 Å². The summed E-state index contributed by atoms with van der Waals surface area (Å²) in [6.45, 7) is 20.2. The molecule has 0 radical (unpaired) electrons. The zero-order valence-corrected chi connectivity index (χ0v) is 24.3. The standard InChI is InChI=1S/2C11H14O2.C9H20O2/c2*1-11(2,3)9-6-4-8(5-7-9)10(12)13;1-5-7(10)9(3,4)8(11)6-2/h2*4-7H,1-3H3,(H,12,13);7-8,10-11H,5-6H2,1-4H3. The third-order valence-corrected chi connectivity index (χ3v) is 6.49. The summed E-state index contributed by atoms with van der Waals surface area (Å²) in [6, 6.07) is 14.0. The summed E-state index contributed by atoms with van der Waals surface area (Å²) in [5, 5.41) is 36.4. The number of carboxylic acid groups (broad SMARTS) is 2. The van der Waals surface area contributed by atoms with Gasteiger partial charge in [-0.3, -0.25) is 0 Å². The molecule has 37 heavy (non-hydrogen) atoms. The van der Waals surface area contributed by atoms with E-state index in [0.29, 0.717) is 24.0 Å². The Morgan fingerprint density at radius 3 is 1.00 bits per heavy atom. The molecule has 2 rings (SSSR count). The summed E-state index contributed by atoms with van der Waals surface area (Å²) in [6.07, 6.45) is 0.587. The van der Waals surface area contributed by atoms with Crippen molar-refractivity contribution in [3.8, 4) is 0 Å². The predicted molar refractivity (Wildman–Crippen MR) is 151 cm³/mol. The molecule has 0 heterocycles. The fourth-order valence-electron chi connectivity index (χ4n) is 3.50. The lowest BCUT2D eigenvalue weighted by atomic mass is 9.78. The van der Waals surface area contributed by atoms with Crippen molar-refractivity contribution in [2.24, 2.45) is 5.41 Å². The highest BCUT2D eigenvalue weighted by Gasteiger charge is 2.32. The van der Waals surface area contributed by atoms with Crippen molar-refractivity contribution in [3.05, 3.63) is 70.8 Å². The summed E-state index contributed by atoms with van der Waals surface area (Å²) in [5.41, 5.74) is 2.77. The Labute approximate surface area is 223 Å². The molecular formula is C31H48O6. The fraction of sp³-hybridized carbons (Fsp3) is 0.548. The molecule has 0 aromatic heterocycles. The molecule has 4 N–H and O–H groups in total. The van der Waals surface area contributed by atoms with Crippen LogP contribution in [-0.4, -0.2) is 44.6 Å². The maximum Gasteiger partial charge on any atom is 0.335 e. The number of rotatable bonds is 6. The molecule has 0 bridgehead atoms. The van der Waals surface area contributed by atoms with Crippen LogP contribution in [0.5, 0.6) is 0 Å². The molecule has 2 unspecified atom stereocenters. The van der Waals surface area contributed by atoms with Crippen molar-refractivity contribution >= 4 is 11.9 Å². The molecule has 0 saturated heterocycles. The van der Waals surface area contributed by atoms with Gasteiger partial charge in [-0.1, -0.05) is 93.5 Å². The third-order valence-electron chi connectivity index (χ3n) is 6.49. The van der Waals surface area contributed by atoms with Gasteiger partial charge in [0.2, 0.25) is 0 Å². The third kappa shape index (κ3) is 11.5. The molecule has 0 saturated carbocycles. The van der Waals surface area contributed by atoms with Gasteiger partial charge in [0.15, 0.2) is 0 Å². The highest BCUT2D eigenvalue weighted by Crippen LogP contribution is 2.29. The van der Waals surface area contributed by atoms with Crippen molar-refractivity contribution in [2.75, 3.05) is 0 Å². The highest BCUT2D eigenvalue weighted by molar-refractivity contribution is 5.88. The van der Waals surface area contributed by atoms with Crippen molar-refractivity contribution < 1.29 is 30.0 Å². The first-order valence-corrected chi connectivity index (χ1v) is 12.8. The summed E-state index contributed by atoms with van der Waals surface area (Å²) in [4.78, 5) is 21.1. The molecule has 0 aliphatic heterocycles. The van der Waals surface area contributed by atoms with E-state index < -0.39 is 24.1 Å². The van der Waals surface area contributed by atoms with Crippen LogP contribution in [0, 0.1) is 5.41 Å². The first-order valence-electron chi connectivity index (χ1n) is 12.8. The van der Waals surface area contributed by atoms with E-state index in [1.54, 1.807) is 24.3 Å². The number of benzene rings is 2. The summed E-state index contributed by atoms with van der Waals surface area (Å²) >= 11 is 0. The molecular weight excluding hydrogens is 468 g/mol. The monoisotopic (exact) mass is 516 g/mol. The zero-order valence-electron chi connectivity index (χ0n) is 24.3. The highest BCUT2D eigenvalue weighted by atomic mass is 16.4. The Morgan fingerprint density at radius 2 is 0.838 bits per heavy atom. The summed E-state index contributed by atoms with van der Waals surface area (Å²) < 4.78 is 0. The average Bonchev–Trinajstić information content (AvgIpc) is 2.82. The second-order valence-corrected chi connectivity index (χ2v) is 11.9. The number of aliphatic hydroxyl groups is 2. The molecule has 0 fully saturated rings. The van der Waals surface area contributed by atoms with Crippen molar-refractivity contribution in [1.82, 2.24) is 0 Å². The van der Waals surface area contributed by atoms with E-state index in [2.05, 4.69) is 41.5 Å². The van der Waals surface area contributed by atoms with Crippen LogP contribution in [0.25, 0.3) is 0 Å². The van der Waals surface area contributed by atoms with E-state index in [1.165, 1.54) is 0 Å². The van der Waals surface area contributed by atoms with Crippen molar-refractivity contribution in [3.63, 3.8) is 0 Å². The van der Waals surface area contributed by atoms with Crippen LogP contribution < -0.4 is 0 Å². The quantitative estimate of drug-likeness (QED) is 0.331. The lowest BCUT2D eigenvalue weighted by Crippen LogP contribution is -2.39. The van der Waals surface area contributed by atoms with Crippen LogP contribution in [0.2, 0.25) is 0 Å². The van der Waals surface area contributed by atoms with Gasteiger partial charge in [0.1, 0.15) is 0 Å². The number of carbonyl (C=O) groups is 2. The topological polar surface area (TPSA) is 115 Å². The van der Waals surface area contributed by atoms with Crippen molar-refractivity contribution in [1.29, 1.82) is 0 Å². The number of aromatic carboxylic acids is 2. The zero-order chi connectivity index (χ0) is 29.2. The molecule has 2 atom stereocenters. The maximum atomic E-state index is 10.6.